The maximum atomic E-state index is 12.6. The van der Waals surface area contributed by atoms with Crippen LogP contribution < -0.4 is 10.6 Å². The van der Waals surface area contributed by atoms with Crippen LogP contribution in [0.3, 0.4) is 0 Å². The smallest absolute Gasteiger partial charge is 0.255 e. The first-order valence-electron chi connectivity index (χ1n) is 6.82. The number of amidine groups is 1. The summed E-state index contributed by atoms with van der Waals surface area (Å²) in [6.07, 6.45) is 1.79. The zero-order valence-electron chi connectivity index (χ0n) is 12.1. The molecule has 1 aromatic rings. The van der Waals surface area contributed by atoms with Crippen LogP contribution in [-0.4, -0.2) is 27.5 Å². The molecule has 2 N–H and O–H groups in total. The van der Waals surface area contributed by atoms with E-state index >= 15 is 0 Å². The quantitative estimate of drug-likeness (QED) is 0.824. The van der Waals surface area contributed by atoms with Crippen LogP contribution in [0.2, 0.25) is 0 Å². The maximum absolute atomic E-state index is 12.6. The Balaban J connectivity index is 2.03. The number of hydrogen-bond donors (Lipinski definition) is 2. The van der Waals surface area contributed by atoms with Crippen molar-refractivity contribution in [1.82, 2.24) is 10.3 Å². The highest BCUT2D eigenvalue weighted by atomic mass is 32.2. The van der Waals surface area contributed by atoms with Gasteiger partial charge in [0.15, 0.2) is 11.2 Å². The van der Waals surface area contributed by atoms with Gasteiger partial charge in [-0.25, -0.2) is 0 Å². The molecule has 2 aliphatic rings. The molecule has 1 aromatic carbocycles. The number of fused-ring (bicyclic) bond motifs is 3. The van der Waals surface area contributed by atoms with E-state index in [0.29, 0.717) is 10.9 Å². The minimum absolute atomic E-state index is 0.0430. The number of carbonyl (C=O) groups excluding carboxylic acids is 1. The summed E-state index contributed by atoms with van der Waals surface area (Å²) in [6.45, 7) is 7.73. The summed E-state index contributed by atoms with van der Waals surface area (Å²) in [6, 6.07) is 7.47. The Morgan fingerprint density at radius 2 is 2.24 bits per heavy atom. The van der Waals surface area contributed by atoms with Gasteiger partial charge in [-0.15, -0.1) is 11.7 Å². The molecule has 110 valence electrons. The Morgan fingerprint density at radius 3 is 3.00 bits per heavy atom. The van der Waals surface area contributed by atoms with Crippen LogP contribution in [0.4, 0.5) is 5.69 Å². The Morgan fingerprint density at radius 1 is 1.48 bits per heavy atom. The zero-order chi connectivity index (χ0) is 15.0. The lowest BCUT2D eigenvalue weighted by Crippen LogP contribution is -2.59. The van der Waals surface area contributed by atoms with Crippen molar-refractivity contribution >= 4 is 28.5 Å². The molecule has 1 atom stereocenters. The minimum atomic E-state index is -0.434. The van der Waals surface area contributed by atoms with Crippen LogP contribution >= 0.6 is 11.8 Å². The number of nitrogens with one attached hydrogen (secondary N) is 2. The van der Waals surface area contributed by atoms with Gasteiger partial charge >= 0.3 is 0 Å². The summed E-state index contributed by atoms with van der Waals surface area (Å²) in [7, 11) is 0. The molecule has 2 heterocycles. The van der Waals surface area contributed by atoms with Crippen LogP contribution in [0.25, 0.3) is 0 Å². The zero-order valence-corrected chi connectivity index (χ0v) is 12.9. The van der Waals surface area contributed by atoms with Gasteiger partial charge in [0.2, 0.25) is 0 Å². The van der Waals surface area contributed by atoms with Crippen LogP contribution in [0.15, 0.2) is 42.0 Å². The standard InChI is InChI=1S/C15H18N4OS/c1-4-9-21-14-16-13(20)12-10-7-5-6-8-11(10)17-15(2,3)19(12)18-14/h4-8,12,17H,1,9H2,2-3H3,(H,16,18,20)/t12-/m1/s1. The number of anilines is 1. The highest BCUT2D eigenvalue weighted by Crippen LogP contribution is 2.41. The molecule has 0 bridgehead atoms. The lowest BCUT2D eigenvalue weighted by Gasteiger charge is -2.48. The second kappa shape index (κ2) is 5.11. The van der Waals surface area contributed by atoms with E-state index in [1.165, 1.54) is 11.8 Å². The minimum Gasteiger partial charge on any atom is -0.362 e. The number of para-hydroxylation sites is 1. The lowest BCUT2D eigenvalue weighted by atomic mass is 9.96. The van der Waals surface area contributed by atoms with Crippen LogP contribution in [0.5, 0.6) is 0 Å². The molecule has 3 rings (SSSR count). The third kappa shape index (κ3) is 2.40. The average Bonchev–Trinajstić information content (AvgIpc) is 2.44. The van der Waals surface area contributed by atoms with Crippen molar-refractivity contribution in [3.8, 4) is 0 Å². The number of amides is 1. The normalized spacial score (nSPS) is 22.4. The van der Waals surface area contributed by atoms with E-state index in [1.54, 1.807) is 6.08 Å². The fraction of sp³-hybridized carbons (Fsp3) is 0.333. The molecule has 0 saturated heterocycles. The molecular weight excluding hydrogens is 284 g/mol. The molecule has 2 aliphatic heterocycles. The molecule has 0 aliphatic carbocycles. The first-order valence-corrected chi connectivity index (χ1v) is 7.81. The highest BCUT2D eigenvalue weighted by molar-refractivity contribution is 8.14. The molecule has 0 saturated carbocycles. The lowest BCUT2D eigenvalue weighted by molar-refractivity contribution is -0.129. The van der Waals surface area contributed by atoms with Gasteiger partial charge in [0.1, 0.15) is 5.66 Å². The van der Waals surface area contributed by atoms with Crippen molar-refractivity contribution in [3.63, 3.8) is 0 Å². The highest BCUT2D eigenvalue weighted by Gasteiger charge is 2.45. The molecule has 0 radical (unpaired) electrons. The van der Waals surface area contributed by atoms with E-state index in [1.807, 2.05) is 43.1 Å². The number of rotatable bonds is 2. The predicted molar refractivity (Wildman–Crippen MR) is 87.0 cm³/mol. The van der Waals surface area contributed by atoms with Crippen molar-refractivity contribution in [2.24, 2.45) is 5.10 Å². The number of hydrazone groups is 1. The molecule has 0 fully saturated rings. The molecule has 0 spiro atoms. The summed E-state index contributed by atoms with van der Waals surface area (Å²) in [5, 5.41) is 13.4. The number of thioether (sulfide) groups is 1. The van der Waals surface area contributed by atoms with Crippen LogP contribution in [0.1, 0.15) is 25.5 Å². The van der Waals surface area contributed by atoms with E-state index in [4.69, 9.17) is 0 Å². The van der Waals surface area contributed by atoms with E-state index in [0.717, 1.165) is 11.3 Å². The van der Waals surface area contributed by atoms with Gasteiger partial charge in [0.05, 0.1) is 0 Å². The van der Waals surface area contributed by atoms with E-state index < -0.39 is 11.7 Å². The molecule has 6 heteroatoms. The third-order valence-electron chi connectivity index (χ3n) is 3.53. The van der Waals surface area contributed by atoms with Gasteiger partial charge in [-0.3, -0.25) is 9.80 Å². The summed E-state index contributed by atoms with van der Waals surface area (Å²) < 4.78 is 0. The van der Waals surface area contributed by atoms with Crippen LogP contribution in [0, 0.1) is 0 Å². The second-order valence-corrected chi connectivity index (χ2v) is 6.52. The van der Waals surface area contributed by atoms with Crippen molar-refractivity contribution < 1.29 is 4.79 Å². The van der Waals surface area contributed by atoms with Gasteiger partial charge in [0, 0.05) is 17.0 Å². The van der Waals surface area contributed by atoms with E-state index in [2.05, 4.69) is 22.3 Å². The topological polar surface area (TPSA) is 56.7 Å². The number of hydrogen-bond acceptors (Lipinski definition) is 5. The van der Waals surface area contributed by atoms with Gasteiger partial charge in [0.25, 0.3) is 5.91 Å². The van der Waals surface area contributed by atoms with Crippen molar-refractivity contribution in [2.75, 3.05) is 11.1 Å². The van der Waals surface area contributed by atoms with Gasteiger partial charge < -0.3 is 10.6 Å². The van der Waals surface area contributed by atoms with Crippen LogP contribution in [-0.2, 0) is 4.79 Å². The predicted octanol–water partition coefficient (Wildman–Crippen LogP) is 2.51. The van der Waals surface area contributed by atoms with E-state index in [9.17, 15) is 4.79 Å². The van der Waals surface area contributed by atoms with Gasteiger partial charge in [-0.2, -0.15) is 0 Å². The first-order chi connectivity index (χ1) is 10.0. The van der Waals surface area contributed by atoms with E-state index in [-0.39, 0.29) is 5.91 Å². The monoisotopic (exact) mass is 302 g/mol. The molecule has 0 unspecified atom stereocenters. The molecule has 1 amide bonds. The Bertz CT molecular complexity index is 626. The molecule has 21 heavy (non-hydrogen) atoms. The Kier molecular flexibility index (Phi) is 3.41. The van der Waals surface area contributed by atoms with Crippen molar-refractivity contribution in [2.45, 2.75) is 25.6 Å². The molecule has 0 aromatic heterocycles. The summed E-state index contributed by atoms with van der Waals surface area (Å²) in [4.78, 5) is 12.6. The van der Waals surface area contributed by atoms with Crippen molar-refractivity contribution in [1.29, 1.82) is 0 Å². The number of nitrogens with zero attached hydrogens (tertiary/aromatic N) is 2. The second-order valence-electron chi connectivity index (χ2n) is 5.51. The Labute approximate surface area is 128 Å². The van der Waals surface area contributed by atoms with Gasteiger partial charge in [-0.05, 0) is 19.9 Å². The SMILES string of the molecule is C=CCSC1=NN2[C@@H](C(=O)N1)c1ccccc1NC2(C)C. The average molecular weight is 302 g/mol. The fourth-order valence-electron chi connectivity index (χ4n) is 2.63. The summed E-state index contributed by atoms with van der Waals surface area (Å²) in [5.41, 5.74) is 1.50. The number of benzene rings is 1. The number of carbonyl (C=O) groups is 1. The van der Waals surface area contributed by atoms with Crippen molar-refractivity contribution in [3.05, 3.63) is 42.5 Å². The first kappa shape index (κ1) is 14.0. The maximum Gasteiger partial charge on any atom is 0.255 e. The van der Waals surface area contributed by atoms with Gasteiger partial charge in [-0.1, -0.05) is 36.0 Å². The summed E-state index contributed by atoms with van der Waals surface area (Å²) in [5.74, 6) is 0.667. The largest absolute Gasteiger partial charge is 0.362 e. The third-order valence-corrected chi connectivity index (χ3v) is 4.39. The fourth-order valence-corrected chi connectivity index (χ4v) is 3.22. The molecular formula is C15H18N4OS. The summed E-state index contributed by atoms with van der Waals surface area (Å²) >= 11 is 1.47. The molecule has 5 nitrogen and oxygen atoms in total. The Hall–Kier alpha value is -1.95.